The highest BCUT2D eigenvalue weighted by atomic mass is 16.5. The van der Waals surface area contributed by atoms with E-state index in [1.165, 1.54) is 7.11 Å². The van der Waals surface area contributed by atoms with E-state index in [9.17, 15) is 29.7 Å². The van der Waals surface area contributed by atoms with Gasteiger partial charge in [-0.25, -0.2) is 0 Å². The number of carbonyl (C=O) groups excluding carboxylic acids is 3. The molecule has 476 valence electrons. The summed E-state index contributed by atoms with van der Waals surface area (Å²) in [6.07, 6.45) is 25.4. The number of esters is 3. The highest BCUT2D eigenvalue weighted by molar-refractivity contribution is 5.75. The highest BCUT2D eigenvalue weighted by Gasteiger charge is 2.30. The number of phenols is 3. The largest absolute Gasteiger partial charge is 0.507 e. The lowest BCUT2D eigenvalue weighted by Gasteiger charge is -2.34. The quantitative estimate of drug-likeness (QED) is 0.0922. The number of fused-ring (bicyclic) bond motifs is 9. The Morgan fingerprint density at radius 3 is 0.750 bits per heavy atom. The average Bonchev–Trinajstić information content (AvgIpc) is 0.864. The normalized spacial score (nSPS) is 18.1. The average molecular weight is 1270 g/mol. The maximum absolute atomic E-state index is 13.4. The fourth-order valence-electron chi connectivity index (χ4n) is 11.5. The fraction of sp³-hybridized carbons (Fsp3) is 0.346. The van der Waals surface area contributed by atoms with E-state index in [1.807, 2.05) is 12.1 Å². The van der Waals surface area contributed by atoms with Gasteiger partial charge in [-0.3, -0.25) is 14.4 Å². The van der Waals surface area contributed by atoms with E-state index in [2.05, 4.69) is 210 Å². The first-order valence-corrected chi connectivity index (χ1v) is 31.3. The molecule has 1 aliphatic heterocycles. The van der Waals surface area contributed by atoms with Crippen molar-refractivity contribution in [1.29, 1.82) is 0 Å². The number of rotatable bonds is 6. The topological polar surface area (TPSA) is 212 Å². The van der Waals surface area contributed by atoms with Crippen LogP contribution in [-0.4, -0.2) is 76.6 Å². The zero-order valence-corrected chi connectivity index (χ0v) is 53.2. The second-order valence-electron chi connectivity index (χ2n) is 22.4. The Kier molecular flexibility index (Phi) is 30.5. The molecule has 7 rings (SSSR count). The molecule has 9 N–H and O–H groups in total. The Balaban J connectivity index is 1.15. The molecule has 6 atom stereocenters. The predicted octanol–water partition coefficient (Wildman–Crippen LogP) is 4.80. The van der Waals surface area contributed by atoms with Gasteiger partial charge in [0.25, 0.3) is 0 Å². The third kappa shape index (κ3) is 25.0. The number of hydrogen-bond acceptors (Lipinski definition) is 15. The minimum Gasteiger partial charge on any atom is -0.507 e. The van der Waals surface area contributed by atoms with Gasteiger partial charge in [0.2, 0.25) is 0 Å². The van der Waals surface area contributed by atoms with Crippen molar-refractivity contribution in [2.75, 3.05) is 7.11 Å². The summed E-state index contributed by atoms with van der Waals surface area (Å²) in [5, 5.41) is 58.7. The maximum Gasteiger partial charge on any atom is 0.324 e. The van der Waals surface area contributed by atoms with E-state index in [0.29, 0.717) is 63.2 Å². The molecule has 1 heterocycles. The third-order valence-electron chi connectivity index (χ3n) is 16.0. The van der Waals surface area contributed by atoms with Crippen molar-refractivity contribution < 1.29 is 43.9 Å². The van der Waals surface area contributed by atoms with Gasteiger partial charge in [-0.15, -0.1) is 12.8 Å². The van der Waals surface area contributed by atoms with Gasteiger partial charge >= 0.3 is 17.9 Å². The van der Waals surface area contributed by atoms with Crippen molar-refractivity contribution in [2.45, 2.75) is 172 Å². The van der Waals surface area contributed by atoms with Crippen LogP contribution < -0.4 is 31.9 Å². The molecule has 3 aromatic rings. The summed E-state index contributed by atoms with van der Waals surface area (Å²) in [4.78, 5) is 39.5. The smallest absolute Gasteiger partial charge is 0.324 e. The molecule has 6 unspecified atom stereocenters. The molecule has 15 heteroatoms. The molecule has 3 fully saturated rings. The number of hydrogen-bond donors (Lipinski definition) is 9. The number of terminal acetylenes is 2. The second-order valence-corrected chi connectivity index (χ2v) is 22.4. The second kappa shape index (κ2) is 40.9. The molecule has 4 aliphatic rings. The lowest BCUT2D eigenvalue weighted by atomic mass is 9.89. The molecule has 0 spiro atoms. The molecule has 3 saturated carbocycles. The maximum atomic E-state index is 13.4. The standard InChI is InChI=1S/C81H68N6O9/c1-4-6-8-10-12-14-16-18-20-22-24-26-28-36-44-95-77(89)53-62-48-66-57-84-72-40-32-30-38-70(72)82-55-64-46-61(52-76(88)94-3)47-65(79(64)91)56-83-71-39-31-33-41-73(71)85-58-67-49-63(54-78(90)96-45-37-29-27-25-23-21-19-17-15-13-11-9-7-5-2)51-69(81(67)93)60-87-75-43-35-34-42-74(75)86-59-68(50-62)80(66)92/h1-2,46-51,70-75,82-87,91-93H,30-35,38-43,52-60H2,3H3. The van der Waals surface area contributed by atoms with Crippen LogP contribution in [0.2, 0.25) is 0 Å². The predicted molar refractivity (Wildman–Crippen MR) is 365 cm³/mol. The number of aromatic hydroxyl groups is 3. The third-order valence-corrected chi connectivity index (χ3v) is 16.0. The first-order chi connectivity index (χ1) is 47.0. The van der Waals surface area contributed by atoms with Gasteiger partial charge in [0, 0.05) is 192 Å². The van der Waals surface area contributed by atoms with Crippen molar-refractivity contribution in [1.82, 2.24) is 31.9 Å². The first-order valence-electron chi connectivity index (χ1n) is 31.3. The molecule has 3 aromatic carbocycles. The summed E-state index contributed by atoms with van der Waals surface area (Å²) in [6, 6.07) is 10.7. The Morgan fingerprint density at radius 1 is 0.344 bits per heavy atom. The Labute approximate surface area is 564 Å². The van der Waals surface area contributed by atoms with E-state index in [0.717, 1.165) is 77.0 Å². The van der Waals surface area contributed by atoms with Crippen LogP contribution in [0.4, 0.5) is 0 Å². The summed E-state index contributed by atoms with van der Waals surface area (Å²) >= 11 is 0. The van der Waals surface area contributed by atoms with Crippen LogP contribution in [0.1, 0.15) is 127 Å². The number of benzene rings is 3. The SMILES string of the molecule is C#CC#CC#CC#CC#CC#CC#CC#COC(=O)Cc1cc2c(O)c(c1)CNC1CCCCC1NCc1cc(CC(=O)OC#CC#CC#CC#CC#CC#CC#CC#C)cc(c1O)CNC1CCCCC1NCc1cc(CC(=O)OC)cc(c1O)CNC1CCCCC1NC2. The van der Waals surface area contributed by atoms with Gasteiger partial charge < -0.3 is 61.4 Å². The monoisotopic (exact) mass is 1270 g/mol. The van der Waals surface area contributed by atoms with Crippen LogP contribution in [0, 0.1) is 191 Å². The summed E-state index contributed by atoms with van der Waals surface area (Å²) in [6.45, 7) is 1.68. The lowest BCUT2D eigenvalue weighted by molar-refractivity contribution is -0.140. The van der Waals surface area contributed by atoms with Gasteiger partial charge in [-0.1, -0.05) is 74.9 Å². The number of phenolic OH excluding ortho intramolecular Hbond substituents is 3. The molecule has 0 radical (unpaired) electrons. The number of carbonyl (C=O) groups is 3. The van der Waals surface area contributed by atoms with E-state index < -0.39 is 17.9 Å². The van der Waals surface area contributed by atoms with E-state index in [-0.39, 0.29) is 98.9 Å². The van der Waals surface area contributed by atoms with Crippen molar-refractivity contribution >= 4 is 17.9 Å². The van der Waals surface area contributed by atoms with Crippen molar-refractivity contribution in [2.24, 2.45) is 0 Å². The summed E-state index contributed by atoms with van der Waals surface area (Å²) < 4.78 is 15.6. The number of nitrogens with one attached hydrogen (secondary N) is 6. The van der Waals surface area contributed by atoms with Crippen LogP contribution in [0.15, 0.2) is 36.4 Å². The van der Waals surface area contributed by atoms with Crippen LogP contribution in [0.5, 0.6) is 17.2 Å². The summed E-state index contributed by atoms with van der Waals surface area (Å²) in [7, 11) is 1.35. The van der Waals surface area contributed by atoms with Gasteiger partial charge in [-0.2, -0.15) is 0 Å². The summed E-state index contributed by atoms with van der Waals surface area (Å²) in [5.74, 6) is 67.6. The molecular weight excluding hydrogens is 1200 g/mol. The molecule has 0 saturated heterocycles. The minimum atomic E-state index is -0.634. The number of methoxy groups -OCH3 is 1. The zero-order chi connectivity index (χ0) is 67.8. The number of ether oxygens (including phenoxy) is 3. The Hall–Kier alpha value is -11.8. The summed E-state index contributed by atoms with van der Waals surface area (Å²) in [5.41, 5.74) is 5.50. The van der Waals surface area contributed by atoms with E-state index >= 15 is 0 Å². The van der Waals surface area contributed by atoms with Gasteiger partial charge in [0.15, 0.2) is 0 Å². The van der Waals surface area contributed by atoms with Gasteiger partial charge in [0.1, 0.15) is 29.5 Å². The Bertz CT molecular complexity index is 4200. The van der Waals surface area contributed by atoms with E-state index in [4.69, 9.17) is 27.1 Å². The lowest BCUT2D eigenvalue weighted by Crippen LogP contribution is -2.49. The Morgan fingerprint density at radius 2 is 0.542 bits per heavy atom. The minimum absolute atomic E-state index is 0.0145. The molecule has 0 amide bonds. The molecular formula is C81H68N6O9. The molecule has 96 heavy (non-hydrogen) atoms. The molecule has 3 aliphatic carbocycles. The molecule has 0 aromatic heterocycles. The van der Waals surface area contributed by atoms with Gasteiger partial charge in [0.05, 0.1) is 26.4 Å². The molecule has 15 nitrogen and oxygen atoms in total. The van der Waals surface area contributed by atoms with E-state index in [1.54, 1.807) is 24.3 Å². The van der Waals surface area contributed by atoms with Crippen LogP contribution in [-0.2, 0) is 87.1 Å². The van der Waals surface area contributed by atoms with Crippen molar-refractivity contribution in [3.05, 3.63) is 86.5 Å². The van der Waals surface area contributed by atoms with Crippen LogP contribution in [0.3, 0.4) is 0 Å². The fourth-order valence-corrected chi connectivity index (χ4v) is 11.5. The first kappa shape index (κ1) is 71.6. The molecule has 6 bridgehead atoms. The zero-order valence-electron chi connectivity index (χ0n) is 53.2. The highest BCUT2D eigenvalue weighted by Crippen LogP contribution is 2.32. The van der Waals surface area contributed by atoms with Crippen LogP contribution in [0.25, 0.3) is 0 Å². The van der Waals surface area contributed by atoms with Crippen LogP contribution >= 0.6 is 0 Å². The van der Waals surface area contributed by atoms with Gasteiger partial charge in [-0.05, 0) is 138 Å². The van der Waals surface area contributed by atoms with Crippen molar-refractivity contribution in [3.8, 4) is 208 Å². The van der Waals surface area contributed by atoms with Crippen molar-refractivity contribution in [3.63, 3.8) is 0 Å².